The fraction of sp³-hybridized carbons (Fsp3) is 0.214. The molecule has 0 atom stereocenters. The third kappa shape index (κ3) is 2.97. The van der Waals surface area contributed by atoms with E-state index < -0.39 is 0 Å². The molecule has 0 saturated heterocycles. The van der Waals surface area contributed by atoms with Gasteiger partial charge in [0.2, 0.25) is 0 Å². The SMILES string of the molecule is CCOC(=O)Cc1ccc(-c2ccco2)cc1. The highest BCUT2D eigenvalue weighted by Gasteiger charge is 2.05. The van der Waals surface area contributed by atoms with E-state index >= 15 is 0 Å². The maximum absolute atomic E-state index is 11.3. The second-order valence-corrected chi connectivity index (χ2v) is 3.66. The molecular weight excluding hydrogens is 216 g/mol. The van der Waals surface area contributed by atoms with E-state index in [4.69, 9.17) is 9.15 Å². The van der Waals surface area contributed by atoms with Crippen LogP contribution in [0.1, 0.15) is 12.5 Å². The summed E-state index contributed by atoms with van der Waals surface area (Å²) in [7, 11) is 0. The molecule has 1 aromatic carbocycles. The molecule has 0 aliphatic rings. The zero-order valence-electron chi connectivity index (χ0n) is 9.68. The maximum Gasteiger partial charge on any atom is 0.310 e. The highest BCUT2D eigenvalue weighted by molar-refractivity contribution is 5.73. The normalized spacial score (nSPS) is 10.2. The minimum Gasteiger partial charge on any atom is -0.466 e. The van der Waals surface area contributed by atoms with Crippen LogP contribution in [0.3, 0.4) is 0 Å². The van der Waals surface area contributed by atoms with Crippen molar-refractivity contribution in [3.63, 3.8) is 0 Å². The number of furan rings is 1. The Hall–Kier alpha value is -2.03. The first-order chi connectivity index (χ1) is 8.29. The molecule has 3 nitrogen and oxygen atoms in total. The van der Waals surface area contributed by atoms with Gasteiger partial charge in [0.1, 0.15) is 5.76 Å². The number of rotatable bonds is 4. The first-order valence-electron chi connectivity index (χ1n) is 5.58. The minimum absolute atomic E-state index is 0.196. The quantitative estimate of drug-likeness (QED) is 0.758. The standard InChI is InChI=1S/C14H14O3/c1-2-16-14(15)10-11-5-7-12(8-6-11)13-4-3-9-17-13/h3-9H,2,10H2,1H3. The van der Waals surface area contributed by atoms with Crippen LogP contribution in [0.4, 0.5) is 0 Å². The maximum atomic E-state index is 11.3. The van der Waals surface area contributed by atoms with Gasteiger partial charge in [0.15, 0.2) is 0 Å². The Bertz CT molecular complexity index is 469. The van der Waals surface area contributed by atoms with Crippen LogP contribution < -0.4 is 0 Å². The van der Waals surface area contributed by atoms with Crippen LogP contribution >= 0.6 is 0 Å². The lowest BCUT2D eigenvalue weighted by Gasteiger charge is -2.03. The summed E-state index contributed by atoms with van der Waals surface area (Å²) < 4.78 is 10.2. The van der Waals surface area contributed by atoms with Crippen LogP contribution in [-0.4, -0.2) is 12.6 Å². The third-order valence-corrected chi connectivity index (χ3v) is 2.41. The van der Waals surface area contributed by atoms with Crippen molar-refractivity contribution in [1.29, 1.82) is 0 Å². The van der Waals surface area contributed by atoms with Crippen molar-refractivity contribution in [2.75, 3.05) is 6.61 Å². The van der Waals surface area contributed by atoms with Crippen LogP contribution in [0.5, 0.6) is 0 Å². The van der Waals surface area contributed by atoms with Crippen molar-refractivity contribution in [2.45, 2.75) is 13.3 Å². The second kappa shape index (κ2) is 5.34. The molecule has 0 aliphatic carbocycles. The number of esters is 1. The van der Waals surface area contributed by atoms with Gasteiger partial charge < -0.3 is 9.15 Å². The summed E-state index contributed by atoms with van der Waals surface area (Å²) in [6, 6.07) is 11.5. The zero-order valence-corrected chi connectivity index (χ0v) is 9.68. The first kappa shape index (κ1) is 11.5. The van der Waals surface area contributed by atoms with Gasteiger partial charge in [0.25, 0.3) is 0 Å². The Morgan fingerprint density at radius 3 is 2.59 bits per heavy atom. The Morgan fingerprint density at radius 2 is 2.00 bits per heavy atom. The molecule has 0 radical (unpaired) electrons. The van der Waals surface area contributed by atoms with E-state index in [0.717, 1.165) is 16.9 Å². The number of hydrogen-bond acceptors (Lipinski definition) is 3. The summed E-state index contributed by atoms with van der Waals surface area (Å²) in [6.45, 7) is 2.22. The van der Waals surface area contributed by atoms with Crippen LogP contribution in [0.15, 0.2) is 47.1 Å². The van der Waals surface area contributed by atoms with E-state index in [1.54, 1.807) is 13.2 Å². The fourth-order valence-electron chi connectivity index (χ4n) is 1.61. The average Bonchev–Trinajstić information content (AvgIpc) is 2.84. The molecule has 2 aromatic rings. The highest BCUT2D eigenvalue weighted by Crippen LogP contribution is 2.20. The molecule has 2 rings (SSSR count). The van der Waals surface area contributed by atoms with Gasteiger partial charge in [-0.15, -0.1) is 0 Å². The second-order valence-electron chi connectivity index (χ2n) is 3.66. The number of benzene rings is 1. The average molecular weight is 230 g/mol. The summed E-state index contributed by atoms with van der Waals surface area (Å²) in [6.07, 6.45) is 1.95. The molecule has 0 N–H and O–H groups in total. The molecular formula is C14H14O3. The largest absolute Gasteiger partial charge is 0.466 e. The molecule has 1 aromatic heterocycles. The number of hydrogen-bond donors (Lipinski definition) is 0. The van der Waals surface area contributed by atoms with E-state index in [1.165, 1.54) is 0 Å². The van der Waals surface area contributed by atoms with Gasteiger partial charge >= 0.3 is 5.97 Å². The molecule has 0 unspecified atom stereocenters. The van der Waals surface area contributed by atoms with E-state index in [9.17, 15) is 4.79 Å². The van der Waals surface area contributed by atoms with E-state index in [0.29, 0.717) is 13.0 Å². The molecule has 0 amide bonds. The van der Waals surface area contributed by atoms with Gasteiger partial charge in [-0.1, -0.05) is 24.3 Å². The number of carbonyl (C=O) groups is 1. The lowest BCUT2D eigenvalue weighted by atomic mass is 10.1. The van der Waals surface area contributed by atoms with Crippen molar-refractivity contribution >= 4 is 5.97 Å². The highest BCUT2D eigenvalue weighted by atomic mass is 16.5. The molecule has 0 aliphatic heterocycles. The fourth-order valence-corrected chi connectivity index (χ4v) is 1.61. The van der Waals surface area contributed by atoms with Gasteiger partial charge in [-0.25, -0.2) is 0 Å². The number of ether oxygens (including phenoxy) is 1. The third-order valence-electron chi connectivity index (χ3n) is 2.41. The predicted octanol–water partition coefficient (Wildman–Crippen LogP) is 3.05. The van der Waals surface area contributed by atoms with Crippen LogP contribution in [0, 0.1) is 0 Å². The molecule has 0 saturated carbocycles. The Balaban J connectivity index is 2.06. The smallest absolute Gasteiger partial charge is 0.310 e. The van der Waals surface area contributed by atoms with Crippen LogP contribution in [-0.2, 0) is 16.0 Å². The van der Waals surface area contributed by atoms with Gasteiger partial charge in [0.05, 0.1) is 19.3 Å². The molecule has 88 valence electrons. The summed E-state index contributed by atoms with van der Waals surface area (Å²) >= 11 is 0. The Labute approximate surface area is 100 Å². The topological polar surface area (TPSA) is 39.4 Å². The predicted molar refractivity (Wildman–Crippen MR) is 64.5 cm³/mol. The Kier molecular flexibility index (Phi) is 3.60. The van der Waals surface area contributed by atoms with Crippen molar-refractivity contribution < 1.29 is 13.9 Å². The van der Waals surface area contributed by atoms with Crippen molar-refractivity contribution in [1.82, 2.24) is 0 Å². The van der Waals surface area contributed by atoms with E-state index in [1.807, 2.05) is 36.4 Å². The lowest BCUT2D eigenvalue weighted by Crippen LogP contribution is -2.07. The first-order valence-corrected chi connectivity index (χ1v) is 5.58. The molecule has 0 spiro atoms. The van der Waals surface area contributed by atoms with Crippen LogP contribution in [0.2, 0.25) is 0 Å². The molecule has 0 bridgehead atoms. The van der Waals surface area contributed by atoms with Crippen molar-refractivity contribution in [3.8, 4) is 11.3 Å². The zero-order chi connectivity index (χ0) is 12.1. The summed E-state index contributed by atoms with van der Waals surface area (Å²) in [5, 5.41) is 0. The van der Waals surface area contributed by atoms with Gasteiger partial charge in [0, 0.05) is 5.56 Å². The molecule has 1 heterocycles. The lowest BCUT2D eigenvalue weighted by molar-refractivity contribution is -0.142. The summed E-state index contributed by atoms with van der Waals surface area (Å²) in [5.41, 5.74) is 1.95. The van der Waals surface area contributed by atoms with Gasteiger partial charge in [-0.2, -0.15) is 0 Å². The molecule has 3 heteroatoms. The number of carbonyl (C=O) groups excluding carboxylic acids is 1. The van der Waals surface area contributed by atoms with Gasteiger partial charge in [-0.3, -0.25) is 4.79 Å². The Morgan fingerprint density at radius 1 is 1.24 bits per heavy atom. The van der Waals surface area contributed by atoms with Crippen molar-refractivity contribution in [3.05, 3.63) is 48.2 Å². The summed E-state index contributed by atoms with van der Waals surface area (Å²) in [4.78, 5) is 11.3. The molecule has 17 heavy (non-hydrogen) atoms. The minimum atomic E-state index is -0.196. The van der Waals surface area contributed by atoms with E-state index in [2.05, 4.69) is 0 Å². The monoisotopic (exact) mass is 230 g/mol. The van der Waals surface area contributed by atoms with E-state index in [-0.39, 0.29) is 5.97 Å². The van der Waals surface area contributed by atoms with Crippen molar-refractivity contribution in [2.24, 2.45) is 0 Å². The molecule has 0 fully saturated rings. The summed E-state index contributed by atoms with van der Waals surface area (Å²) in [5.74, 6) is 0.630. The van der Waals surface area contributed by atoms with Gasteiger partial charge in [-0.05, 0) is 24.6 Å². The van der Waals surface area contributed by atoms with Crippen LogP contribution in [0.25, 0.3) is 11.3 Å².